The van der Waals surface area contributed by atoms with Gasteiger partial charge in [-0.1, -0.05) is 13.8 Å². The van der Waals surface area contributed by atoms with Gasteiger partial charge in [-0.2, -0.15) is 0 Å². The highest BCUT2D eigenvalue weighted by atomic mass is 16.5. The molecule has 1 N–H and O–H groups in total. The van der Waals surface area contributed by atoms with E-state index in [9.17, 15) is 0 Å². The molecule has 0 fully saturated rings. The Bertz CT molecular complexity index is 591. The molecule has 1 aromatic carbocycles. The highest BCUT2D eigenvalue weighted by Gasteiger charge is 2.12. The lowest BCUT2D eigenvalue weighted by atomic mass is 10.1. The van der Waals surface area contributed by atoms with E-state index < -0.39 is 0 Å². The minimum absolute atomic E-state index is 0.566. The third-order valence-corrected chi connectivity index (χ3v) is 3.50. The average molecular weight is 317 g/mol. The van der Waals surface area contributed by atoms with Crippen LogP contribution >= 0.6 is 0 Å². The highest BCUT2D eigenvalue weighted by molar-refractivity contribution is 5.62. The number of rotatable bonds is 9. The fraction of sp³-hybridized carbons (Fsp3) is 0.500. The van der Waals surface area contributed by atoms with Gasteiger partial charge in [0.25, 0.3) is 0 Å². The van der Waals surface area contributed by atoms with E-state index in [0.717, 1.165) is 36.0 Å². The first-order chi connectivity index (χ1) is 11.2. The Morgan fingerprint density at radius 2 is 1.96 bits per heavy atom. The molecule has 0 saturated heterocycles. The Morgan fingerprint density at radius 1 is 1.22 bits per heavy atom. The van der Waals surface area contributed by atoms with Crippen LogP contribution in [0.4, 0.5) is 5.95 Å². The summed E-state index contributed by atoms with van der Waals surface area (Å²) in [6.45, 7) is 9.34. The van der Waals surface area contributed by atoms with Crippen molar-refractivity contribution in [2.75, 3.05) is 32.2 Å². The second kappa shape index (κ2) is 8.58. The van der Waals surface area contributed by atoms with Crippen LogP contribution in [0.15, 0.2) is 30.5 Å². The van der Waals surface area contributed by atoms with Crippen LogP contribution < -0.4 is 10.1 Å². The lowest BCUT2D eigenvalue weighted by Gasteiger charge is -2.14. The summed E-state index contributed by atoms with van der Waals surface area (Å²) in [5, 5.41) is 3.42. The minimum atomic E-state index is 0.566. The summed E-state index contributed by atoms with van der Waals surface area (Å²) in [7, 11) is 1.72. The molecule has 5 heteroatoms. The maximum Gasteiger partial charge on any atom is 0.203 e. The number of hydrogen-bond donors (Lipinski definition) is 1. The fourth-order valence-corrected chi connectivity index (χ4v) is 2.34. The molecule has 0 aliphatic heterocycles. The standard InChI is InChI=1S/C18H27N3O2/c1-5-23-16-8-6-15(7-9-16)17-13-20-18(19-12-14(2)3)21(17)10-11-22-4/h6-9,13-14H,5,10-12H2,1-4H3,(H,19,20). The van der Waals surface area contributed by atoms with Gasteiger partial charge >= 0.3 is 0 Å². The molecular formula is C18H27N3O2. The molecule has 0 spiro atoms. The zero-order chi connectivity index (χ0) is 16.7. The molecule has 1 aromatic heterocycles. The van der Waals surface area contributed by atoms with Gasteiger partial charge in [0.15, 0.2) is 0 Å². The van der Waals surface area contributed by atoms with Gasteiger partial charge in [0.05, 0.1) is 25.1 Å². The number of hydrogen-bond acceptors (Lipinski definition) is 4. The second-order valence-electron chi connectivity index (χ2n) is 5.84. The minimum Gasteiger partial charge on any atom is -0.494 e. The summed E-state index contributed by atoms with van der Waals surface area (Å²) in [4.78, 5) is 4.54. The molecular weight excluding hydrogens is 290 g/mol. The Labute approximate surface area is 138 Å². The van der Waals surface area contributed by atoms with Gasteiger partial charge < -0.3 is 19.4 Å². The smallest absolute Gasteiger partial charge is 0.203 e. The van der Waals surface area contributed by atoms with Gasteiger partial charge in [-0.05, 0) is 37.1 Å². The van der Waals surface area contributed by atoms with Crippen molar-refractivity contribution >= 4 is 5.95 Å². The number of ether oxygens (including phenoxy) is 2. The van der Waals surface area contributed by atoms with E-state index in [2.05, 4.69) is 40.8 Å². The van der Waals surface area contributed by atoms with Crippen LogP contribution in [0.2, 0.25) is 0 Å². The number of methoxy groups -OCH3 is 1. The molecule has 0 unspecified atom stereocenters. The van der Waals surface area contributed by atoms with Crippen molar-refractivity contribution in [2.45, 2.75) is 27.3 Å². The van der Waals surface area contributed by atoms with E-state index in [1.165, 1.54) is 0 Å². The van der Waals surface area contributed by atoms with Crippen molar-refractivity contribution < 1.29 is 9.47 Å². The van der Waals surface area contributed by atoms with Crippen molar-refractivity contribution in [3.05, 3.63) is 30.5 Å². The third kappa shape index (κ3) is 4.73. The molecule has 0 atom stereocenters. The highest BCUT2D eigenvalue weighted by Crippen LogP contribution is 2.25. The van der Waals surface area contributed by atoms with Gasteiger partial charge in [0.1, 0.15) is 5.75 Å². The predicted octanol–water partition coefficient (Wildman–Crippen LogP) is 3.66. The van der Waals surface area contributed by atoms with Crippen LogP contribution in [-0.4, -0.2) is 36.4 Å². The molecule has 0 saturated carbocycles. The van der Waals surface area contributed by atoms with Gasteiger partial charge in [-0.15, -0.1) is 0 Å². The average Bonchev–Trinajstić information content (AvgIpc) is 2.95. The first kappa shape index (κ1) is 17.3. The molecule has 0 aliphatic rings. The van der Waals surface area contributed by atoms with E-state index >= 15 is 0 Å². The summed E-state index contributed by atoms with van der Waals surface area (Å²) >= 11 is 0. The van der Waals surface area contributed by atoms with Crippen LogP contribution in [0.1, 0.15) is 20.8 Å². The van der Waals surface area contributed by atoms with E-state index in [-0.39, 0.29) is 0 Å². The second-order valence-corrected chi connectivity index (χ2v) is 5.84. The topological polar surface area (TPSA) is 48.3 Å². The van der Waals surface area contributed by atoms with E-state index in [4.69, 9.17) is 9.47 Å². The van der Waals surface area contributed by atoms with Crippen molar-refractivity contribution in [1.29, 1.82) is 0 Å². The molecule has 23 heavy (non-hydrogen) atoms. The van der Waals surface area contributed by atoms with Gasteiger partial charge in [0.2, 0.25) is 5.95 Å². The Kier molecular flexibility index (Phi) is 6.47. The van der Waals surface area contributed by atoms with Crippen LogP contribution in [0.5, 0.6) is 5.75 Å². The molecule has 1 heterocycles. The lowest BCUT2D eigenvalue weighted by Crippen LogP contribution is -2.15. The lowest BCUT2D eigenvalue weighted by molar-refractivity contribution is 0.188. The number of aromatic nitrogens is 2. The van der Waals surface area contributed by atoms with Gasteiger partial charge in [-0.25, -0.2) is 4.98 Å². The Hall–Kier alpha value is -2.01. The summed E-state index contributed by atoms with van der Waals surface area (Å²) in [6, 6.07) is 8.12. The quantitative estimate of drug-likeness (QED) is 0.767. The van der Waals surface area contributed by atoms with Crippen molar-refractivity contribution in [3.8, 4) is 17.0 Å². The monoisotopic (exact) mass is 317 g/mol. The van der Waals surface area contributed by atoms with E-state index in [0.29, 0.717) is 19.1 Å². The van der Waals surface area contributed by atoms with Crippen LogP contribution in [-0.2, 0) is 11.3 Å². The van der Waals surface area contributed by atoms with Crippen LogP contribution in [0.25, 0.3) is 11.3 Å². The summed E-state index contributed by atoms with van der Waals surface area (Å²) in [6.07, 6.45) is 1.91. The Morgan fingerprint density at radius 3 is 2.57 bits per heavy atom. The fourth-order valence-electron chi connectivity index (χ4n) is 2.34. The molecule has 0 amide bonds. The maximum atomic E-state index is 5.51. The number of anilines is 1. The maximum absolute atomic E-state index is 5.51. The molecule has 0 radical (unpaired) electrons. The van der Waals surface area contributed by atoms with Crippen molar-refractivity contribution in [2.24, 2.45) is 5.92 Å². The van der Waals surface area contributed by atoms with Crippen molar-refractivity contribution in [3.63, 3.8) is 0 Å². The molecule has 126 valence electrons. The molecule has 2 rings (SSSR count). The van der Waals surface area contributed by atoms with Crippen molar-refractivity contribution in [1.82, 2.24) is 9.55 Å². The first-order valence-electron chi connectivity index (χ1n) is 8.17. The van der Waals surface area contributed by atoms with Crippen LogP contribution in [0.3, 0.4) is 0 Å². The van der Waals surface area contributed by atoms with Crippen LogP contribution in [0, 0.1) is 5.92 Å². The molecule has 0 bridgehead atoms. The normalized spacial score (nSPS) is 11.0. The van der Waals surface area contributed by atoms with Gasteiger partial charge in [-0.3, -0.25) is 0 Å². The van der Waals surface area contributed by atoms with E-state index in [1.54, 1.807) is 7.11 Å². The van der Waals surface area contributed by atoms with Gasteiger partial charge in [0, 0.05) is 25.8 Å². The first-order valence-corrected chi connectivity index (χ1v) is 8.17. The SMILES string of the molecule is CCOc1ccc(-c2cnc(NCC(C)C)n2CCOC)cc1. The predicted molar refractivity (Wildman–Crippen MR) is 94.0 cm³/mol. The molecule has 0 aliphatic carbocycles. The number of nitrogens with zero attached hydrogens (tertiary/aromatic N) is 2. The van der Waals surface area contributed by atoms with E-state index in [1.807, 2.05) is 25.3 Å². The summed E-state index contributed by atoms with van der Waals surface area (Å²) in [5.41, 5.74) is 2.20. The number of nitrogens with one attached hydrogen (secondary N) is 1. The zero-order valence-corrected chi connectivity index (χ0v) is 14.5. The number of benzene rings is 1. The zero-order valence-electron chi connectivity index (χ0n) is 14.5. The molecule has 5 nitrogen and oxygen atoms in total. The Balaban J connectivity index is 2.25. The largest absolute Gasteiger partial charge is 0.494 e. The molecule has 2 aromatic rings. The third-order valence-electron chi connectivity index (χ3n) is 3.50. The summed E-state index contributed by atoms with van der Waals surface area (Å²) in [5.74, 6) is 2.34. The summed E-state index contributed by atoms with van der Waals surface area (Å²) < 4.78 is 12.9. The number of imidazole rings is 1.